The topological polar surface area (TPSA) is 192 Å². The molecule has 13 nitrogen and oxygen atoms in total. The van der Waals surface area contributed by atoms with Crippen molar-refractivity contribution in [2.24, 2.45) is 5.73 Å². The van der Waals surface area contributed by atoms with Crippen molar-refractivity contribution in [3.05, 3.63) is 36.5 Å². The summed E-state index contributed by atoms with van der Waals surface area (Å²) in [5.41, 5.74) is 3.42. The molecule has 3 amide bonds. The molecular weight excluding hydrogens is 418 g/mol. The third kappa shape index (κ3) is 8.91. The molecule has 0 aromatic carbocycles. The summed E-state index contributed by atoms with van der Waals surface area (Å²) in [6.07, 6.45) is -2.41. The first kappa shape index (κ1) is 27.0. The number of hydrogen-bond acceptors (Lipinski definition) is 10. The zero-order chi connectivity index (χ0) is 24.5. The fourth-order valence-corrected chi connectivity index (χ4v) is 1.47. The molecule has 13 heteroatoms. The van der Waals surface area contributed by atoms with E-state index in [4.69, 9.17) is 5.73 Å². The number of aliphatic hydroxyl groups is 1. The molecule has 0 aromatic heterocycles. The normalized spacial score (nSPS) is 11.7. The highest BCUT2D eigenvalue weighted by atomic mass is 17.0. The van der Waals surface area contributed by atoms with Crippen molar-refractivity contribution in [3.63, 3.8) is 0 Å². The Kier molecular flexibility index (Phi) is 9.80. The Balaban J connectivity index is 5.51. The van der Waals surface area contributed by atoms with E-state index in [2.05, 4.69) is 34.2 Å². The molecule has 31 heavy (non-hydrogen) atoms. The van der Waals surface area contributed by atoms with E-state index in [0.29, 0.717) is 0 Å². The van der Waals surface area contributed by atoms with Crippen LogP contribution >= 0.6 is 0 Å². The lowest BCUT2D eigenvalue weighted by molar-refractivity contribution is -0.304. The zero-order valence-electron chi connectivity index (χ0n) is 17.2. The summed E-state index contributed by atoms with van der Waals surface area (Å²) in [6, 6.07) is 0. The van der Waals surface area contributed by atoms with Crippen molar-refractivity contribution in [1.82, 2.24) is 10.7 Å². The monoisotopic (exact) mass is 441 g/mol. The molecule has 0 rings (SSSR count). The largest absolute Gasteiger partial charge is 0.379 e. The Bertz CT molecular complexity index is 820. The number of hydrogen-bond donors (Lipinski definition) is 3. The number of carbonyl (C=O) groups is 6. The van der Waals surface area contributed by atoms with E-state index in [1.165, 1.54) is 20.8 Å². The van der Waals surface area contributed by atoms with Gasteiger partial charge in [0.25, 0.3) is 11.8 Å². The first-order valence-electron chi connectivity index (χ1n) is 8.37. The van der Waals surface area contributed by atoms with Crippen molar-refractivity contribution < 1.29 is 48.4 Å². The van der Waals surface area contributed by atoms with Crippen LogP contribution in [0.2, 0.25) is 0 Å². The van der Waals surface area contributed by atoms with Gasteiger partial charge < -0.3 is 15.7 Å². The summed E-state index contributed by atoms with van der Waals surface area (Å²) >= 11 is 0. The predicted molar refractivity (Wildman–Crippen MR) is 101 cm³/mol. The maximum absolute atomic E-state index is 12.4. The van der Waals surface area contributed by atoms with Crippen molar-refractivity contribution in [3.8, 4) is 0 Å². The van der Waals surface area contributed by atoms with Gasteiger partial charge in [-0.25, -0.2) is 14.4 Å². The predicted octanol–water partition coefficient (Wildman–Crippen LogP) is -0.969. The van der Waals surface area contributed by atoms with Crippen LogP contribution in [-0.2, 0) is 43.3 Å². The number of nitrogens with zero attached hydrogens (tertiary/aromatic N) is 1. The molecule has 0 heterocycles. The molecule has 0 aliphatic heterocycles. The van der Waals surface area contributed by atoms with Gasteiger partial charge in [0.05, 0.1) is 12.8 Å². The molecular formula is C18H23N3O10. The number of nitrogens with two attached hydrogens (primary N) is 1. The smallest absolute Gasteiger partial charge is 0.362 e. The van der Waals surface area contributed by atoms with Crippen molar-refractivity contribution in [2.45, 2.75) is 39.2 Å². The number of nitrogens with one attached hydrogen (secondary N) is 1. The summed E-state index contributed by atoms with van der Waals surface area (Å²) in [7, 11) is 0. The van der Waals surface area contributed by atoms with Gasteiger partial charge in [-0.05, 0) is 20.8 Å². The fourth-order valence-electron chi connectivity index (χ4n) is 1.47. The second-order valence-electron chi connectivity index (χ2n) is 6.41. The second-order valence-corrected chi connectivity index (χ2v) is 6.41. The van der Waals surface area contributed by atoms with E-state index < -0.39 is 54.1 Å². The molecule has 0 aliphatic carbocycles. The van der Waals surface area contributed by atoms with E-state index in [0.717, 1.165) is 0 Å². The molecule has 1 atom stereocenters. The van der Waals surface area contributed by atoms with Crippen LogP contribution in [0.1, 0.15) is 33.6 Å². The van der Waals surface area contributed by atoms with E-state index in [1.807, 2.05) is 0 Å². The van der Waals surface area contributed by atoms with Crippen LogP contribution in [0.3, 0.4) is 0 Å². The minimum absolute atomic E-state index is 0.0602. The number of amides is 3. The maximum atomic E-state index is 12.4. The molecule has 170 valence electrons. The molecule has 0 radical (unpaired) electrons. The minimum Gasteiger partial charge on any atom is -0.379 e. The van der Waals surface area contributed by atoms with Crippen LogP contribution in [0.25, 0.3) is 0 Å². The van der Waals surface area contributed by atoms with Crippen LogP contribution in [-0.4, -0.2) is 51.6 Å². The summed E-state index contributed by atoms with van der Waals surface area (Å²) in [6.45, 7) is 13.6. The number of rotatable bonds is 8. The molecule has 4 N–H and O–H groups in total. The van der Waals surface area contributed by atoms with E-state index in [1.54, 1.807) is 5.48 Å². The zero-order valence-corrected chi connectivity index (χ0v) is 17.2. The average molecular weight is 441 g/mol. The summed E-state index contributed by atoms with van der Waals surface area (Å²) in [5, 5.41) is 10.2. The van der Waals surface area contributed by atoms with Crippen LogP contribution in [0.5, 0.6) is 0 Å². The number of carbonyl (C=O) groups excluding carboxylic acids is 6. The van der Waals surface area contributed by atoms with Crippen molar-refractivity contribution in [1.29, 1.82) is 0 Å². The van der Waals surface area contributed by atoms with Gasteiger partial charge in [-0.3, -0.25) is 24.1 Å². The standard InChI is InChI=1S/C18H23N3O10/c1-9(2)14(24)29-20-12(22)7-18(28,17(19)27)8-13(23)21(30-15(25)10(3)4)31-16(26)11(5)6/h28H,1,3,5,7-8H2,2,4,6H3,(H2,19,27)(H,20,22). The van der Waals surface area contributed by atoms with Crippen LogP contribution < -0.4 is 11.2 Å². The lowest BCUT2D eigenvalue weighted by Gasteiger charge is -2.26. The van der Waals surface area contributed by atoms with Crippen LogP contribution in [0.4, 0.5) is 0 Å². The Hall–Kier alpha value is -4.00. The highest BCUT2D eigenvalue weighted by Crippen LogP contribution is 2.18. The van der Waals surface area contributed by atoms with Gasteiger partial charge in [-0.2, -0.15) is 5.48 Å². The van der Waals surface area contributed by atoms with Gasteiger partial charge in [0.1, 0.15) is 0 Å². The Morgan fingerprint density at radius 2 is 1.29 bits per heavy atom. The molecule has 0 aromatic rings. The first-order valence-corrected chi connectivity index (χ1v) is 8.37. The Morgan fingerprint density at radius 1 is 0.871 bits per heavy atom. The highest BCUT2D eigenvalue weighted by molar-refractivity contribution is 5.96. The van der Waals surface area contributed by atoms with Crippen LogP contribution in [0, 0.1) is 0 Å². The summed E-state index contributed by atoms with van der Waals surface area (Å²) < 4.78 is 0. The fraction of sp³-hybridized carbons (Fsp3) is 0.333. The lowest BCUT2D eigenvalue weighted by Crippen LogP contribution is -2.51. The van der Waals surface area contributed by atoms with Crippen LogP contribution in [0.15, 0.2) is 36.5 Å². The SMILES string of the molecule is C=C(C)C(=O)ONC(=O)CC(O)(CC(=O)N(OC(=O)C(=C)C)OC(=O)C(=C)C)C(N)=O. The molecule has 1 unspecified atom stereocenters. The van der Waals surface area contributed by atoms with Gasteiger partial charge in [-0.15, -0.1) is 0 Å². The first-order chi connectivity index (χ1) is 14.1. The number of hydroxylamine groups is 3. The Morgan fingerprint density at radius 3 is 1.65 bits per heavy atom. The number of primary amides is 1. The molecule has 0 bridgehead atoms. The van der Waals surface area contributed by atoms with Gasteiger partial charge in [0.15, 0.2) is 5.60 Å². The van der Waals surface area contributed by atoms with E-state index in [9.17, 15) is 33.9 Å². The molecule has 0 aliphatic rings. The third-order valence-electron chi connectivity index (χ3n) is 3.19. The summed E-state index contributed by atoms with van der Waals surface area (Å²) in [4.78, 5) is 84.1. The minimum atomic E-state index is -2.85. The summed E-state index contributed by atoms with van der Waals surface area (Å²) in [5.74, 6) is -7.56. The highest BCUT2D eigenvalue weighted by Gasteiger charge is 2.42. The molecule has 0 saturated carbocycles. The molecule has 0 fully saturated rings. The van der Waals surface area contributed by atoms with Gasteiger partial charge >= 0.3 is 17.9 Å². The van der Waals surface area contributed by atoms with Gasteiger partial charge in [-0.1, -0.05) is 19.7 Å². The van der Waals surface area contributed by atoms with Gasteiger partial charge in [0.2, 0.25) is 5.91 Å². The molecule has 0 spiro atoms. The average Bonchev–Trinajstić information content (AvgIpc) is 2.64. The second kappa shape index (κ2) is 11.3. The van der Waals surface area contributed by atoms with Gasteiger partial charge in [0, 0.05) is 21.9 Å². The maximum Gasteiger partial charge on any atom is 0.362 e. The quantitative estimate of drug-likeness (QED) is 0.312. The molecule has 0 saturated heterocycles. The van der Waals surface area contributed by atoms with E-state index in [-0.39, 0.29) is 21.9 Å². The lowest BCUT2D eigenvalue weighted by atomic mass is 9.94. The Labute approximate surface area is 176 Å². The van der Waals surface area contributed by atoms with Crippen molar-refractivity contribution >= 4 is 35.6 Å². The third-order valence-corrected chi connectivity index (χ3v) is 3.19. The van der Waals surface area contributed by atoms with E-state index >= 15 is 0 Å². The van der Waals surface area contributed by atoms with Crippen molar-refractivity contribution in [2.75, 3.05) is 0 Å².